The third kappa shape index (κ3) is 1.75. The van der Waals surface area contributed by atoms with Crippen LogP contribution < -0.4 is 0 Å². The molecule has 0 unspecified atom stereocenters. The van der Waals surface area contributed by atoms with Crippen LogP contribution in [0.4, 0.5) is 0 Å². The molecule has 0 spiro atoms. The molecule has 2 nitrogen and oxygen atoms in total. The van der Waals surface area contributed by atoms with Gasteiger partial charge < -0.3 is 5.11 Å². The molecule has 76 valence electrons. The maximum absolute atomic E-state index is 11.2. The third-order valence-electron chi connectivity index (χ3n) is 2.50. The number of aromatic hydroxyl groups is 1. The third-order valence-corrected chi connectivity index (χ3v) is 2.78. The predicted molar refractivity (Wildman–Crippen MR) is 57.1 cm³/mol. The maximum Gasteiger partial charge on any atom is 0.163 e. The van der Waals surface area contributed by atoms with Crippen LogP contribution in [0.3, 0.4) is 0 Å². The van der Waals surface area contributed by atoms with E-state index >= 15 is 0 Å². The summed E-state index contributed by atoms with van der Waals surface area (Å²) < 4.78 is 0. The number of phenolic OH excluding ortho intramolecular Hbond substituents is 1. The summed E-state index contributed by atoms with van der Waals surface area (Å²) in [4.78, 5) is 11.2. The van der Waals surface area contributed by atoms with Gasteiger partial charge in [0.2, 0.25) is 0 Å². The number of ketones is 1. The van der Waals surface area contributed by atoms with Gasteiger partial charge in [0.05, 0.1) is 5.56 Å². The van der Waals surface area contributed by atoms with Crippen molar-refractivity contribution in [1.29, 1.82) is 0 Å². The van der Waals surface area contributed by atoms with Crippen molar-refractivity contribution in [3.8, 4) is 5.75 Å². The monoisotopic (exact) mass is 212 g/mol. The molecule has 0 atom stereocenters. The Morgan fingerprint density at radius 1 is 1.43 bits per heavy atom. The van der Waals surface area contributed by atoms with Crippen LogP contribution in [0.15, 0.2) is 6.07 Å². The van der Waals surface area contributed by atoms with Crippen molar-refractivity contribution in [3.63, 3.8) is 0 Å². The molecule has 0 aromatic heterocycles. The van der Waals surface area contributed by atoms with E-state index in [-0.39, 0.29) is 11.5 Å². The molecule has 0 aliphatic heterocycles. The van der Waals surface area contributed by atoms with Crippen molar-refractivity contribution < 1.29 is 9.90 Å². The summed E-state index contributed by atoms with van der Waals surface area (Å²) in [7, 11) is 0. The van der Waals surface area contributed by atoms with Crippen LogP contribution in [0.5, 0.6) is 5.75 Å². The van der Waals surface area contributed by atoms with Crippen molar-refractivity contribution in [2.24, 2.45) is 0 Å². The Bertz CT molecular complexity index is 383. The van der Waals surface area contributed by atoms with Gasteiger partial charge in [-0.2, -0.15) is 0 Å². The largest absolute Gasteiger partial charge is 0.507 e. The van der Waals surface area contributed by atoms with Crippen LogP contribution in [-0.2, 0) is 5.88 Å². The second-order valence-electron chi connectivity index (χ2n) is 3.37. The molecular weight excluding hydrogens is 200 g/mol. The summed E-state index contributed by atoms with van der Waals surface area (Å²) in [6.07, 6.45) is 0. The van der Waals surface area contributed by atoms with Gasteiger partial charge in [-0.05, 0) is 43.5 Å². The smallest absolute Gasteiger partial charge is 0.163 e. The zero-order chi connectivity index (χ0) is 10.9. The summed E-state index contributed by atoms with van der Waals surface area (Å²) in [5.41, 5.74) is 2.92. The molecule has 0 bridgehead atoms. The van der Waals surface area contributed by atoms with Gasteiger partial charge in [-0.1, -0.05) is 0 Å². The Hall–Kier alpha value is -1.02. The molecule has 0 aliphatic rings. The zero-order valence-corrected chi connectivity index (χ0v) is 9.27. The summed E-state index contributed by atoms with van der Waals surface area (Å²) in [5, 5.41) is 9.70. The second-order valence-corrected chi connectivity index (χ2v) is 3.64. The van der Waals surface area contributed by atoms with Crippen molar-refractivity contribution >= 4 is 17.4 Å². The lowest BCUT2D eigenvalue weighted by molar-refractivity contribution is 0.101. The molecule has 1 rings (SSSR count). The molecule has 0 aliphatic carbocycles. The molecule has 0 saturated carbocycles. The first-order valence-electron chi connectivity index (χ1n) is 4.38. The lowest BCUT2D eigenvalue weighted by Gasteiger charge is -2.11. The topological polar surface area (TPSA) is 37.3 Å². The van der Waals surface area contributed by atoms with Gasteiger partial charge in [-0.3, -0.25) is 4.79 Å². The maximum atomic E-state index is 11.2. The summed E-state index contributed by atoms with van der Waals surface area (Å²) >= 11 is 5.74. The highest BCUT2D eigenvalue weighted by Gasteiger charge is 2.13. The average molecular weight is 213 g/mol. The number of carbonyl (C=O) groups is 1. The van der Waals surface area contributed by atoms with E-state index in [1.54, 1.807) is 13.0 Å². The minimum Gasteiger partial charge on any atom is -0.507 e. The Labute approximate surface area is 88.5 Å². The minimum absolute atomic E-state index is 0.0730. The first kappa shape index (κ1) is 11.1. The fourth-order valence-corrected chi connectivity index (χ4v) is 1.66. The average Bonchev–Trinajstić information content (AvgIpc) is 2.14. The van der Waals surface area contributed by atoms with Crippen LogP contribution in [0.2, 0.25) is 0 Å². The first-order valence-corrected chi connectivity index (χ1v) is 4.91. The molecule has 0 amide bonds. The van der Waals surface area contributed by atoms with Crippen molar-refractivity contribution in [3.05, 3.63) is 28.3 Å². The van der Waals surface area contributed by atoms with Gasteiger partial charge in [0.15, 0.2) is 5.78 Å². The molecule has 0 heterocycles. The molecule has 1 aromatic rings. The summed E-state index contributed by atoms with van der Waals surface area (Å²) in [6.45, 7) is 5.10. The van der Waals surface area contributed by atoms with E-state index in [4.69, 9.17) is 11.6 Å². The highest BCUT2D eigenvalue weighted by atomic mass is 35.5. The van der Waals surface area contributed by atoms with Crippen molar-refractivity contribution in [2.75, 3.05) is 0 Å². The highest BCUT2D eigenvalue weighted by Crippen LogP contribution is 2.29. The van der Waals surface area contributed by atoms with E-state index in [2.05, 4.69) is 0 Å². The molecular formula is C11H13ClO2. The number of Topliss-reactive ketones (excluding diaryl/α,β-unsaturated/α-hetero) is 1. The number of hydrogen-bond donors (Lipinski definition) is 1. The predicted octanol–water partition coefficient (Wildman–Crippen LogP) is 2.95. The highest BCUT2D eigenvalue weighted by molar-refractivity contribution is 6.17. The van der Waals surface area contributed by atoms with Crippen LogP contribution in [0.25, 0.3) is 0 Å². The summed E-state index contributed by atoms with van der Waals surface area (Å²) in [6, 6.07) is 1.66. The fourth-order valence-electron chi connectivity index (χ4n) is 1.38. The SMILES string of the molecule is CC(=O)c1cc(CCl)c(C)c(C)c1O. The number of carbonyl (C=O) groups excluding carboxylic acids is 1. The minimum atomic E-state index is -0.142. The van der Waals surface area contributed by atoms with Gasteiger partial charge >= 0.3 is 0 Å². The van der Waals surface area contributed by atoms with Gasteiger partial charge in [-0.25, -0.2) is 0 Å². The normalized spacial score (nSPS) is 10.3. The molecule has 0 radical (unpaired) electrons. The number of rotatable bonds is 2. The molecule has 14 heavy (non-hydrogen) atoms. The number of halogens is 1. The Morgan fingerprint density at radius 2 is 2.00 bits per heavy atom. The number of benzene rings is 1. The Balaban J connectivity index is 3.48. The van der Waals surface area contributed by atoms with Gasteiger partial charge in [0, 0.05) is 5.88 Å². The van der Waals surface area contributed by atoms with Gasteiger partial charge in [0.1, 0.15) is 5.75 Å². The fraction of sp³-hybridized carbons (Fsp3) is 0.364. The number of alkyl halides is 1. The zero-order valence-electron chi connectivity index (χ0n) is 8.52. The van der Waals surface area contributed by atoms with Crippen LogP contribution in [0, 0.1) is 13.8 Å². The van der Waals surface area contributed by atoms with Gasteiger partial charge in [-0.15, -0.1) is 11.6 Å². The molecule has 3 heteroatoms. The van der Waals surface area contributed by atoms with Crippen molar-refractivity contribution in [1.82, 2.24) is 0 Å². The molecule has 1 aromatic carbocycles. The van der Waals surface area contributed by atoms with E-state index in [1.165, 1.54) is 6.92 Å². The van der Waals surface area contributed by atoms with Gasteiger partial charge in [0.25, 0.3) is 0 Å². The number of phenols is 1. The van der Waals surface area contributed by atoms with Crippen LogP contribution >= 0.6 is 11.6 Å². The number of hydrogen-bond acceptors (Lipinski definition) is 2. The van der Waals surface area contributed by atoms with E-state index < -0.39 is 0 Å². The van der Waals surface area contributed by atoms with Crippen molar-refractivity contribution in [2.45, 2.75) is 26.7 Å². The first-order chi connectivity index (χ1) is 6.49. The Kier molecular flexibility index (Phi) is 3.17. The van der Waals surface area contributed by atoms with Crippen LogP contribution in [-0.4, -0.2) is 10.9 Å². The standard InChI is InChI=1S/C11H13ClO2/c1-6-7(2)11(14)10(8(3)13)4-9(6)5-12/h4,14H,5H2,1-3H3. The van der Waals surface area contributed by atoms with E-state index in [9.17, 15) is 9.90 Å². The van der Waals surface area contributed by atoms with Crippen LogP contribution in [0.1, 0.15) is 34.0 Å². The van der Waals surface area contributed by atoms with E-state index in [0.717, 1.165) is 16.7 Å². The van der Waals surface area contributed by atoms with E-state index in [1.807, 2.05) is 6.92 Å². The molecule has 0 saturated heterocycles. The molecule has 1 N–H and O–H groups in total. The second kappa shape index (κ2) is 4.01. The lowest BCUT2D eigenvalue weighted by Crippen LogP contribution is -1.99. The summed E-state index contributed by atoms with van der Waals surface area (Å²) in [5.74, 6) is 0.286. The Morgan fingerprint density at radius 3 is 2.43 bits per heavy atom. The molecule has 0 fully saturated rings. The lowest BCUT2D eigenvalue weighted by atomic mass is 9.97. The quantitative estimate of drug-likeness (QED) is 0.605. The van der Waals surface area contributed by atoms with E-state index in [0.29, 0.717) is 11.4 Å².